The molecule has 0 radical (unpaired) electrons. The summed E-state index contributed by atoms with van der Waals surface area (Å²) in [4.78, 5) is 20.1. The molecule has 1 amide bonds. The molecule has 0 atom stereocenters. The molecule has 1 aromatic carbocycles. The fourth-order valence-corrected chi connectivity index (χ4v) is 3.04. The highest BCUT2D eigenvalue weighted by Crippen LogP contribution is 2.35. The molecule has 0 saturated heterocycles. The van der Waals surface area contributed by atoms with E-state index in [4.69, 9.17) is 0 Å². The Morgan fingerprint density at radius 2 is 1.86 bits per heavy atom. The lowest BCUT2D eigenvalue weighted by Gasteiger charge is -2.14. The summed E-state index contributed by atoms with van der Waals surface area (Å²) in [7, 11) is 0. The number of hydrogen-bond donors (Lipinski definition) is 2. The minimum Gasteiger partial charge on any atom is -0.352 e. The van der Waals surface area contributed by atoms with E-state index < -0.39 is 11.7 Å². The lowest BCUT2D eigenvalue weighted by Crippen LogP contribution is -2.25. The average Bonchev–Trinajstić information content (AvgIpc) is 2.69. The number of aromatic nitrogens is 2. The molecule has 0 bridgehead atoms. The Balaban J connectivity index is 1.58. The smallest absolute Gasteiger partial charge is 0.352 e. The molecule has 0 spiro atoms. The van der Waals surface area contributed by atoms with Gasteiger partial charge >= 0.3 is 6.18 Å². The molecular weight excluding hydrogens is 369 g/mol. The van der Waals surface area contributed by atoms with Crippen LogP contribution in [0.25, 0.3) is 0 Å². The zero-order valence-corrected chi connectivity index (χ0v) is 15.2. The maximum Gasteiger partial charge on any atom is 0.418 e. The summed E-state index contributed by atoms with van der Waals surface area (Å²) in [5.41, 5.74) is 0.670. The third kappa shape index (κ3) is 5.31. The van der Waals surface area contributed by atoms with Crippen molar-refractivity contribution in [3.63, 3.8) is 0 Å². The summed E-state index contributed by atoms with van der Waals surface area (Å²) in [5, 5.41) is 5.37. The van der Waals surface area contributed by atoms with Crippen LogP contribution in [0.4, 0.5) is 24.8 Å². The van der Waals surface area contributed by atoms with E-state index in [0.29, 0.717) is 6.54 Å². The van der Waals surface area contributed by atoms with Gasteiger partial charge in [0.05, 0.1) is 16.8 Å². The first-order valence-electron chi connectivity index (χ1n) is 9.15. The Morgan fingerprint density at radius 3 is 2.54 bits per heavy atom. The van der Waals surface area contributed by atoms with Gasteiger partial charge in [-0.05, 0) is 44.2 Å². The minimum atomic E-state index is -4.49. The molecule has 28 heavy (non-hydrogen) atoms. The van der Waals surface area contributed by atoms with Crippen molar-refractivity contribution in [3.05, 3.63) is 59.4 Å². The first kappa shape index (κ1) is 19.9. The second kappa shape index (κ2) is 8.86. The van der Waals surface area contributed by atoms with Crippen LogP contribution in [0.15, 0.2) is 48.3 Å². The molecule has 1 aliphatic rings. The van der Waals surface area contributed by atoms with Gasteiger partial charge in [0.25, 0.3) is 5.91 Å². The van der Waals surface area contributed by atoms with Crippen molar-refractivity contribution in [3.8, 4) is 0 Å². The maximum absolute atomic E-state index is 13.0. The number of carbonyl (C=O) groups excluding carboxylic acids is 1. The van der Waals surface area contributed by atoms with E-state index in [1.165, 1.54) is 49.0 Å². The predicted octanol–water partition coefficient (Wildman–Crippen LogP) is 4.86. The summed E-state index contributed by atoms with van der Waals surface area (Å²) in [6.07, 6.45) is 5.75. The van der Waals surface area contributed by atoms with Gasteiger partial charge in [-0.15, -0.1) is 0 Å². The fourth-order valence-electron chi connectivity index (χ4n) is 3.04. The van der Waals surface area contributed by atoms with Crippen LogP contribution in [0.5, 0.6) is 0 Å². The summed E-state index contributed by atoms with van der Waals surface area (Å²) < 4.78 is 39.1. The van der Waals surface area contributed by atoms with Crippen LogP contribution < -0.4 is 10.6 Å². The second-order valence-electron chi connectivity index (χ2n) is 6.58. The molecule has 3 rings (SSSR count). The lowest BCUT2D eigenvalue weighted by atomic mass is 9.97. The van der Waals surface area contributed by atoms with E-state index in [2.05, 4.69) is 26.7 Å². The van der Waals surface area contributed by atoms with Crippen molar-refractivity contribution in [2.45, 2.75) is 38.3 Å². The molecule has 2 aromatic rings. The van der Waals surface area contributed by atoms with Crippen LogP contribution in [0.2, 0.25) is 0 Å². The van der Waals surface area contributed by atoms with Crippen LogP contribution in [0, 0.1) is 0 Å². The van der Waals surface area contributed by atoms with Gasteiger partial charge in [0.15, 0.2) is 0 Å². The molecule has 1 aromatic heterocycles. The van der Waals surface area contributed by atoms with Crippen LogP contribution >= 0.6 is 0 Å². The number of amides is 1. The summed E-state index contributed by atoms with van der Waals surface area (Å²) in [6.45, 7) is 0.531. The zero-order valence-electron chi connectivity index (χ0n) is 15.2. The largest absolute Gasteiger partial charge is 0.418 e. The van der Waals surface area contributed by atoms with E-state index in [0.717, 1.165) is 25.3 Å². The van der Waals surface area contributed by atoms with Crippen molar-refractivity contribution in [1.82, 2.24) is 15.3 Å². The molecule has 1 heterocycles. The summed E-state index contributed by atoms with van der Waals surface area (Å²) >= 11 is 0. The Bertz CT molecular complexity index is 847. The van der Waals surface area contributed by atoms with Gasteiger partial charge in [0, 0.05) is 18.9 Å². The van der Waals surface area contributed by atoms with Gasteiger partial charge in [-0.3, -0.25) is 4.79 Å². The Hall–Kier alpha value is -2.90. The highest BCUT2D eigenvalue weighted by atomic mass is 19.4. The molecule has 0 aliphatic heterocycles. The number of hydrogen-bond acceptors (Lipinski definition) is 4. The van der Waals surface area contributed by atoms with Gasteiger partial charge < -0.3 is 10.6 Å². The maximum atomic E-state index is 13.0. The summed E-state index contributed by atoms with van der Waals surface area (Å²) in [5.74, 6) is -0.320. The SMILES string of the molecule is O=C(NCCC1=CCCCC1)c1cnc(Nc2ccccc2C(F)(F)F)nc1. The van der Waals surface area contributed by atoms with Gasteiger partial charge in [0.1, 0.15) is 0 Å². The molecule has 0 unspecified atom stereocenters. The third-order valence-electron chi connectivity index (χ3n) is 4.51. The van der Waals surface area contributed by atoms with Crippen molar-refractivity contribution in [2.75, 3.05) is 11.9 Å². The van der Waals surface area contributed by atoms with Crippen LogP contribution in [-0.2, 0) is 6.18 Å². The standard InChI is InChI=1S/C20H21F3N4O/c21-20(22,23)16-8-4-5-9-17(16)27-19-25-12-15(13-26-19)18(28)24-11-10-14-6-2-1-3-7-14/h4-6,8-9,12-13H,1-3,7,10-11H2,(H,24,28)(H,25,26,27). The molecule has 0 fully saturated rings. The highest BCUT2D eigenvalue weighted by Gasteiger charge is 2.33. The minimum absolute atomic E-state index is 0.0133. The van der Waals surface area contributed by atoms with E-state index in [-0.39, 0.29) is 23.1 Å². The number of allylic oxidation sites excluding steroid dienone is 1. The molecular formula is C20H21F3N4O. The van der Waals surface area contributed by atoms with Gasteiger partial charge in [-0.2, -0.15) is 13.2 Å². The molecule has 5 nitrogen and oxygen atoms in total. The van der Waals surface area contributed by atoms with Crippen molar-refractivity contribution < 1.29 is 18.0 Å². The number of anilines is 2. The topological polar surface area (TPSA) is 66.9 Å². The van der Waals surface area contributed by atoms with Crippen molar-refractivity contribution in [2.24, 2.45) is 0 Å². The van der Waals surface area contributed by atoms with E-state index in [9.17, 15) is 18.0 Å². The quantitative estimate of drug-likeness (QED) is 0.692. The van der Waals surface area contributed by atoms with Crippen LogP contribution in [-0.4, -0.2) is 22.4 Å². The zero-order chi connectivity index (χ0) is 20.0. The molecule has 2 N–H and O–H groups in total. The van der Waals surface area contributed by atoms with E-state index in [1.54, 1.807) is 0 Å². The number of para-hydroxylation sites is 1. The Morgan fingerprint density at radius 1 is 1.11 bits per heavy atom. The molecule has 148 valence electrons. The Labute approximate surface area is 161 Å². The summed E-state index contributed by atoms with van der Waals surface area (Å²) in [6, 6.07) is 5.07. The number of carbonyl (C=O) groups is 1. The average molecular weight is 390 g/mol. The molecule has 8 heteroatoms. The highest BCUT2D eigenvalue weighted by molar-refractivity contribution is 5.93. The molecule has 1 aliphatic carbocycles. The van der Waals surface area contributed by atoms with Gasteiger partial charge in [0.2, 0.25) is 5.95 Å². The Kier molecular flexibility index (Phi) is 6.28. The van der Waals surface area contributed by atoms with Crippen molar-refractivity contribution in [1.29, 1.82) is 0 Å². The number of alkyl halides is 3. The number of nitrogens with zero attached hydrogens (tertiary/aromatic N) is 2. The number of rotatable bonds is 6. The molecule has 0 saturated carbocycles. The first-order chi connectivity index (χ1) is 13.4. The van der Waals surface area contributed by atoms with E-state index in [1.807, 2.05) is 0 Å². The number of nitrogens with one attached hydrogen (secondary N) is 2. The predicted molar refractivity (Wildman–Crippen MR) is 100 cm³/mol. The lowest BCUT2D eigenvalue weighted by molar-refractivity contribution is -0.136. The van der Waals surface area contributed by atoms with Gasteiger partial charge in [-0.1, -0.05) is 23.8 Å². The van der Waals surface area contributed by atoms with Crippen LogP contribution in [0.3, 0.4) is 0 Å². The monoisotopic (exact) mass is 390 g/mol. The number of benzene rings is 1. The fraction of sp³-hybridized carbons (Fsp3) is 0.350. The van der Waals surface area contributed by atoms with Crippen LogP contribution in [0.1, 0.15) is 48.0 Å². The number of halogens is 3. The van der Waals surface area contributed by atoms with E-state index >= 15 is 0 Å². The van der Waals surface area contributed by atoms with Gasteiger partial charge in [-0.25, -0.2) is 9.97 Å². The van der Waals surface area contributed by atoms with Crippen molar-refractivity contribution >= 4 is 17.5 Å². The second-order valence-corrected chi connectivity index (χ2v) is 6.58. The third-order valence-corrected chi connectivity index (χ3v) is 4.51. The first-order valence-corrected chi connectivity index (χ1v) is 9.15. The normalized spacial score (nSPS) is 14.3.